The number of benzene rings is 1. The summed E-state index contributed by atoms with van der Waals surface area (Å²) in [5, 5.41) is 3.25. The molecule has 0 unspecified atom stereocenters. The van der Waals surface area contributed by atoms with Crippen molar-refractivity contribution in [1.29, 1.82) is 0 Å². The van der Waals surface area contributed by atoms with Gasteiger partial charge in [-0.3, -0.25) is 9.62 Å². The Labute approximate surface area is 127 Å². The van der Waals surface area contributed by atoms with Crippen molar-refractivity contribution in [3.8, 4) is 0 Å². The molecule has 7 heteroatoms. The van der Waals surface area contributed by atoms with Gasteiger partial charge in [0.2, 0.25) is 10.0 Å². The van der Waals surface area contributed by atoms with Gasteiger partial charge in [-0.2, -0.15) is 0 Å². The Bertz CT molecular complexity index is 515. The van der Waals surface area contributed by atoms with Gasteiger partial charge in [0, 0.05) is 42.0 Å². The summed E-state index contributed by atoms with van der Waals surface area (Å²) in [6.07, 6.45) is 0. The minimum Gasteiger partial charge on any atom is -0.314 e. The largest absolute Gasteiger partial charge is 0.314 e. The zero-order valence-electron chi connectivity index (χ0n) is 10.6. The molecule has 1 aromatic carbocycles. The number of hydrogen-bond donors (Lipinski definition) is 2. The first-order valence-corrected chi connectivity index (χ1v) is 8.97. The highest BCUT2D eigenvalue weighted by Gasteiger charge is 2.15. The first kappa shape index (κ1) is 15.0. The van der Waals surface area contributed by atoms with Crippen molar-refractivity contribution in [1.82, 2.24) is 10.2 Å². The van der Waals surface area contributed by atoms with Crippen LogP contribution in [0.15, 0.2) is 24.3 Å². The molecule has 1 heterocycles. The standard InChI is InChI=1S/C12H18IN3O2S/c13-11-2-1-3-12(10-11)15-19(17,18)9-8-16-6-4-14-5-7-16/h1-3,10,14-15H,4-9H2. The lowest BCUT2D eigenvalue weighted by Crippen LogP contribution is -2.45. The summed E-state index contributed by atoms with van der Waals surface area (Å²) in [4.78, 5) is 2.17. The van der Waals surface area contributed by atoms with Crippen LogP contribution in [0.3, 0.4) is 0 Å². The van der Waals surface area contributed by atoms with Gasteiger partial charge in [0.15, 0.2) is 0 Å². The van der Waals surface area contributed by atoms with Gasteiger partial charge in [-0.1, -0.05) is 6.07 Å². The average molecular weight is 395 g/mol. The topological polar surface area (TPSA) is 61.4 Å². The molecule has 106 valence electrons. The average Bonchev–Trinajstić information content (AvgIpc) is 2.37. The smallest absolute Gasteiger partial charge is 0.233 e. The SMILES string of the molecule is O=S(=O)(CCN1CCNCC1)Nc1cccc(I)c1. The number of hydrogen-bond acceptors (Lipinski definition) is 4. The summed E-state index contributed by atoms with van der Waals surface area (Å²) in [5.74, 6) is 0.137. The molecule has 0 saturated carbocycles. The summed E-state index contributed by atoms with van der Waals surface area (Å²) >= 11 is 2.16. The highest BCUT2D eigenvalue weighted by atomic mass is 127. The second kappa shape index (κ2) is 6.87. The summed E-state index contributed by atoms with van der Waals surface area (Å²) in [6.45, 7) is 4.28. The molecule has 0 aliphatic carbocycles. The van der Waals surface area contributed by atoms with Gasteiger partial charge in [-0.25, -0.2) is 8.42 Å². The van der Waals surface area contributed by atoms with Crippen molar-refractivity contribution in [2.24, 2.45) is 0 Å². The highest BCUT2D eigenvalue weighted by molar-refractivity contribution is 14.1. The summed E-state index contributed by atoms with van der Waals surface area (Å²) in [5.41, 5.74) is 0.632. The Morgan fingerprint density at radius 3 is 2.74 bits per heavy atom. The Morgan fingerprint density at radius 1 is 1.32 bits per heavy atom. The van der Waals surface area contributed by atoms with E-state index in [2.05, 4.69) is 37.5 Å². The van der Waals surface area contributed by atoms with Crippen molar-refractivity contribution in [2.75, 3.05) is 43.2 Å². The van der Waals surface area contributed by atoms with Crippen LogP contribution in [0.5, 0.6) is 0 Å². The fraction of sp³-hybridized carbons (Fsp3) is 0.500. The molecule has 1 fully saturated rings. The molecule has 0 atom stereocenters. The van der Waals surface area contributed by atoms with Gasteiger partial charge in [0.1, 0.15) is 0 Å². The lowest BCUT2D eigenvalue weighted by atomic mass is 10.3. The molecule has 0 bridgehead atoms. The van der Waals surface area contributed by atoms with Crippen LogP contribution in [0.25, 0.3) is 0 Å². The number of nitrogens with zero attached hydrogens (tertiary/aromatic N) is 1. The zero-order chi connectivity index (χ0) is 13.7. The van der Waals surface area contributed by atoms with E-state index in [4.69, 9.17) is 0 Å². The van der Waals surface area contributed by atoms with Crippen molar-refractivity contribution in [2.45, 2.75) is 0 Å². The van der Waals surface area contributed by atoms with E-state index in [0.29, 0.717) is 12.2 Å². The number of piperazine rings is 1. The maximum Gasteiger partial charge on any atom is 0.233 e. The van der Waals surface area contributed by atoms with E-state index < -0.39 is 10.0 Å². The monoisotopic (exact) mass is 395 g/mol. The Kier molecular flexibility index (Phi) is 5.43. The van der Waals surface area contributed by atoms with Crippen LogP contribution in [0, 0.1) is 3.57 Å². The maximum absolute atomic E-state index is 12.0. The van der Waals surface area contributed by atoms with Crippen LogP contribution in [0.1, 0.15) is 0 Å². The van der Waals surface area contributed by atoms with Crippen LogP contribution >= 0.6 is 22.6 Å². The van der Waals surface area contributed by atoms with Crippen LogP contribution in [0.4, 0.5) is 5.69 Å². The molecule has 0 spiro atoms. The van der Waals surface area contributed by atoms with E-state index >= 15 is 0 Å². The predicted octanol–water partition coefficient (Wildman–Crippen LogP) is 0.938. The third-order valence-electron chi connectivity index (χ3n) is 2.98. The van der Waals surface area contributed by atoms with Crippen molar-refractivity contribution in [3.63, 3.8) is 0 Å². The van der Waals surface area contributed by atoms with Gasteiger partial charge in [0.25, 0.3) is 0 Å². The molecular weight excluding hydrogens is 377 g/mol. The van der Waals surface area contributed by atoms with Gasteiger partial charge in [-0.15, -0.1) is 0 Å². The number of rotatable bonds is 5. The number of sulfonamides is 1. The molecule has 0 aromatic heterocycles. The molecule has 1 aliphatic rings. The molecule has 0 radical (unpaired) electrons. The van der Waals surface area contributed by atoms with Crippen LogP contribution < -0.4 is 10.0 Å². The second-order valence-corrected chi connectivity index (χ2v) is 7.61. The molecule has 2 rings (SSSR count). The van der Waals surface area contributed by atoms with Crippen molar-refractivity contribution in [3.05, 3.63) is 27.8 Å². The lowest BCUT2D eigenvalue weighted by molar-refractivity contribution is 0.254. The van der Waals surface area contributed by atoms with Crippen molar-refractivity contribution < 1.29 is 8.42 Å². The highest BCUT2D eigenvalue weighted by Crippen LogP contribution is 2.14. The lowest BCUT2D eigenvalue weighted by Gasteiger charge is -2.26. The van der Waals surface area contributed by atoms with E-state index in [0.717, 1.165) is 29.7 Å². The summed E-state index contributed by atoms with van der Waals surface area (Å²) in [6, 6.07) is 7.36. The van der Waals surface area contributed by atoms with Gasteiger partial charge < -0.3 is 5.32 Å². The molecule has 19 heavy (non-hydrogen) atoms. The molecule has 1 aliphatic heterocycles. The fourth-order valence-corrected chi connectivity index (χ4v) is 3.60. The van der Waals surface area contributed by atoms with Crippen molar-refractivity contribution >= 4 is 38.3 Å². The molecular formula is C12H18IN3O2S. The van der Waals surface area contributed by atoms with Crippen LogP contribution in [0.2, 0.25) is 0 Å². The quantitative estimate of drug-likeness (QED) is 0.729. The molecule has 1 aromatic rings. The maximum atomic E-state index is 12.0. The minimum absolute atomic E-state index is 0.137. The third-order valence-corrected chi connectivity index (χ3v) is 4.92. The first-order chi connectivity index (χ1) is 9.05. The fourth-order valence-electron chi connectivity index (χ4n) is 1.97. The predicted molar refractivity (Wildman–Crippen MR) is 85.9 cm³/mol. The van der Waals surface area contributed by atoms with Gasteiger partial charge in [0.05, 0.1) is 5.75 Å². The van der Waals surface area contributed by atoms with E-state index in [9.17, 15) is 8.42 Å². The Hall–Kier alpha value is -0.380. The zero-order valence-corrected chi connectivity index (χ0v) is 13.6. The number of nitrogens with one attached hydrogen (secondary N) is 2. The molecule has 5 nitrogen and oxygen atoms in total. The third kappa shape index (κ3) is 5.25. The molecule has 1 saturated heterocycles. The second-order valence-electron chi connectivity index (χ2n) is 4.52. The number of halogens is 1. The van der Waals surface area contributed by atoms with E-state index in [1.807, 2.05) is 18.2 Å². The normalized spacial score (nSPS) is 17.3. The number of anilines is 1. The van der Waals surface area contributed by atoms with Crippen LogP contribution in [-0.2, 0) is 10.0 Å². The van der Waals surface area contributed by atoms with Gasteiger partial charge in [-0.05, 0) is 40.8 Å². The van der Waals surface area contributed by atoms with Crippen LogP contribution in [-0.4, -0.2) is 51.8 Å². The summed E-state index contributed by atoms with van der Waals surface area (Å²) in [7, 11) is -3.27. The van der Waals surface area contributed by atoms with Gasteiger partial charge >= 0.3 is 0 Å². The summed E-state index contributed by atoms with van der Waals surface area (Å²) < 4.78 is 27.6. The Morgan fingerprint density at radius 2 is 2.05 bits per heavy atom. The van der Waals surface area contributed by atoms with E-state index in [1.54, 1.807) is 6.07 Å². The first-order valence-electron chi connectivity index (χ1n) is 6.24. The van der Waals surface area contributed by atoms with E-state index in [-0.39, 0.29) is 5.75 Å². The van der Waals surface area contributed by atoms with E-state index in [1.165, 1.54) is 0 Å². The molecule has 0 amide bonds. The Balaban J connectivity index is 1.87. The molecule has 2 N–H and O–H groups in total. The minimum atomic E-state index is -3.27.